The Labute approximate surface area is 303 Å². The molecule has 10 nitrogen and oxygen atoms in total. The van der Waals surface area contributed by atoms with Gasteiger partial charge >= 0.3 is 18.3 Å². The van der Waals surface area contributed by atoms with Crippen LogP contribution >= 0.6 is 0 Å². The summed E-state index contributed by atoms with van der Waals surface area (Å²) in [5, 5.41) is 1.97. The average Bonchev–Trinajstić information content (AvgIpc) is 3.01. The number of alkyl carbamates (subject to hydrolysis) is 2. The molecule has 1 aliphatic rings. The normalized spacial score (nSPS) is 13.6. The van der Waals surface area contributed by atoms with Crippen LogP contribution in [-0.4, -0.2) is 59.0 Å². The number of ether oxygens (including phenoxy) is 3. The van der Waals surface area contributed by atoms with Gasteiger partial charge < -0.3 is 19.1 Å². The summed E-state index contributed by atoms with van der Waals surface area (Å²) in [5.74, 6) is 0.484. The molecule has 3 aromatic carbocycles. The van der Waals surface area contributed by atoms with Gasteiger partial charge in [0.2, 0.25) is 0 Å². The zero-order valence-corrected chi connectivity index (χ0v) is 31.9. The number of piperidine rings is 1. The number of carbonyl (C=O) groups excluding carboxylic acids is 4. The molecule has 0 unspecified atom stereocenters. The van der Waals surface area contributed by atoms with E-state index in [1.807, 2.05) is 85.6 Å². The van der Waals surface area contributed by atoms with Gasteiger partial charge in [0.05, 0.1) is 6.54 Å². The predicted octanol–water partition coefficient (Wildman–Crippen LogP) is 9.40. The molecule has 0 spiro atoms. The number of carbonyl (C=O) groups is 4. The summed E-state index contributed by atoms with van der Waals surface area (Å²) < 4.78 is 15.4. The van der Waals surface area contributed by atoms with Gasteiger partial charge in [0.25, 0.3) is 5.91 Å². The SMILES string of the molecule is CC(C)(C)OC(=O)NC(=O)OC(C)(C)C.Cc1cccc(C2CCN(C(=O)c3cccc(N(Cc4ccccc4)C(=O)OC(C)(C)C)c3)CC2)c1. The van der Waals surface area contributed by atoms with E-state index in [0.29, 0.717) is 23.7 Å². The molecule has 0 radical (unpaired) electrons. The summed E-state index contributed by atoms with van der Waals surface area (Å²) in [4.78, 5) is 52.3. The van der Waals surface area contributed by atoms with E-state index in [0.717, 1.165) is 31.5 Å². The topological polar surface area (TPSA) is 114 Å². The van der Waals surface area contributed by atoms with Crippen LogP contribution in [0, 0.1) is 6.92 Å². The van der Waals surface area contributed by atoms with E-state index in [9.17, 15) is 19.2 Å². The van der Waals surface area contributed by atoms with Gasteiger partial charge in [0.1, 0.15) is 16.8 Å². The van der Waals surface area contributed by atoms with E-state index in [4.69, 9.17) is 14.2 Å². The van der Waals surface area contributed by atoms with Gasteiger partial charge in [0, 0.05) is 24.3 Å². The number of rotatable bonds is 5. The molecule has 1 heterocycles. The molecule has 10 heteroatoms. The lowest BCUT2D eigenvalue weighted by Gasteiger charge is -2.33. The molecule has 0 aromatic heterocycles. The Morgan fingerprint density at radius 2 is 1.25 bits per heavy atom. The molecule has 276 valence electrons. The Bertz CT molecular complexity index is 1600. The number of nitrogens with zero attached hydrogens (tertiary/aromatic N) is 2. The first kappa shape index (κ1) is 40.6. The van der Waals surface area contributed by atoms with Crippen LogP contribution in [0.15, 0.2) is 78.9 Å². The number of imide groups is 1. The molecule has 0 saturated carbocycles. The first-order valence-electron chi connectivity index (χ1n) is 17.4. The van der Waals surface area contributed by atoms with E-state index >= 15 is 0 Å². The van der Waals surface area contributed by atoms with Crippen LogP contribution in [-0.2, 0) is 20.8 Å². The molecular formula is C41H55N3O7. The molecular weight excluding hydrogens is 646 g/mol. The fourth-order valence-corrected chi connectivity index (χ4v) is 5.36. The number of amides is 4. The minimum absolute atomic E-state index is 0.00314. The quantitative estimate of drug-likeness (QED) is 0.264. The Hall–Kier alpha value is -4.86. The summed E-state index contributed by atoms with van der Waals surface area (Å²) in [6.07, 6.45) is -0.150. The molecule has 0 aliphatic carbocycles. The van der Waals surface area contributed by atoms with Gasteiger partial charge in [-0.3, -0.25) is 9.69 Å². The fourth-order valence-electron chi connectivity index (χ4n) is 5.36. The van der Waals surface area contributed by atoms with Gasteiger partial charge in [0.15, 0.2) is 0 Å². The fraction of sp³-hybridized carbons (Fsp3) is 0.463. The maximum absolute atomic E-state index is 13.4. The third-order valence-corrected chi connectivity index (χ3v) is 7.50. The van der Waals surface area contributed by atoms with Crippen LogP contribution in [0.2, 0.25) is 0 Å². The second kappa shape index (κ2) is 17.4. The Morgan fingerprint density at radius 3 is 1.78 bits per heavy atom. The number of anilines is 1. The minimum Gasteiger partial charge on any atom is -0.443 e. The molecule has 4 amide bonds. The Balaban J connectivity index is 0.000000396. The van der Waals surface area contributed by atoms with Crippen molar-refractivity contribution in [3.05, 3.63) is 101 Å². The highest BCUT2D eigenvalue weighted by Crippen LogP contribution is 2.30. The summed E-state index contributed by atoms with van der Waals surface area (Å²) >= 11 is 0. The van der Waals surface area contributed by atoms with E-state index in [-0.39, 0.29) is 5.91 Å². The molecule has 1 saturated heterocycles. The van der Waals surface area contributed by atoms with Crippen LogP contribution in [0.1, 0.15) is 108 Å². The highest BCUT2D eigenvalue weighted by atomic mass is 16.6. The minimum atomic E-state index is -0.809. The van der Waals surface area contributed by atoms with Crippen LogP contribution < -0.4 is 10.2 Å². The first-order valence-corrected chi connectivity index (χ1v) is 17.4. The molecule has 1 aliphatic heterocycles. The van der Waals surface area contributed by atoms with Gasteiger partial charge in [-0.25, -0.2) is 19.7 Å². The number of hydrogen-bond acceptors (Lipinski definition) is 7. The highest BCUT2D eigenvalue weighted by molar-refractivity contribution is 5.97. The van der Waals surface area contributed by atoms with E-state index < -0.39 is 35.1 Å². The molecule has 4 rings (SSSR count). The lowest BCUT2D eigenvalue weighted by molar-refractivity contribution is 0.0352. The number of aryl methyl sites for hydroxylation is 1. The van der Waals surface area contributed by atoms with E-state index in [2.05, 4.69) is 31.2 Å². The lowest BCUT2D eigenvalue weighted by Crippen LogP contribution is -2.39. The van der Waals surface area contributed by atoms with Crippen LogP contribution in [0.3, 0.4) is 0 Å². The van der Waals surface area contributed by atoms with Crippen molar-refractivity contribution >= 4 is 29.9 Å². The van der Waals surface area contributed by atoms with Crippen molar-refractivity contribution in [1.82, 2.24) is 10.2 Å². The second-order valence-electron chi connectivity index (χ2n) is 15.7. The van der Waals surface area contributed by atoms with Crippen LogP contribution in [0.25, 0.3) is 0 Å². The predicted molar refractivity (Wildman–Crippen MR) is 200 cm³/mol. The van der Waals surface area contributed by atoms with Crippen molar-refractivity contribution in [3.8, 4) is 0 Å². The lowest BCUT2D eigenvalue weighted by atomic mass is 9.88. The Kier molecular flexibility index (Phi) is 13.8. The largest absolute Gasteiger partial charge is 0.443 e. The Morgan fingerprint density at radius 1 is 0.706 bits per heavy atom. The molecule has 1 N–H and O–H groups in total. The summed E-state index contributed by atoms with van der Waals surface area (Å²) in [6.45, 7) is 19.7. The van der Waals surface area contributed by atoms with Gasteiger partial charge in [-0.1, -0.05) is 66.2 Å². The number of nitrogens with one attached hydrogen (secondary N) is 1. The summed E-state index contributed by atoms with van der Waals surface area (Å²) in [5.41, 5.74) is 2.96. The zero-order valence-electron chi connectivity index (χ0n) is 31.9. The zero-order chi connectivity index (χ0) is 38.0. The van der Waals surface area contributed by atoms with Crippen LogP contribution in [0.4, 0.5) is 20.1 Å². The van der Waals surface area contributed by atoms with Crippen LogP contribution in [0.5, 0.6) is 0 Å². The third kappa shape index (κ3) is 14.5. The summed E-state index contributed by atoms with van der Waals surface area (Å²) in [6, 6.07) is 25.8. The van der Waals surface area contributed by atoms with Crippen molar-refractivity contribution in [1.29, 1.82) is 0 Å². The second-order valence-corrected chi connectivity index (χ2v) is 15.7. The van der Waals surface area contributed by atoms with Crippen molar-refractivity contribution in [3.63, 3.8) is 0 Å². The molecule has 1 fully saturated rings. The summed E-state index contributed by atoms with van der Waals surface area (Å²) in [7, 11) is 0. The monoisotopic (exact) mass is 701 g/mol. The highest BCUT2D eigenvalue weighted by Gasteiger charge is 2.28. The van der Waals surface area contributed by atoms with Gasteiger partial charge in [-0.05, 0) is 117 Å². The van der Waals surface area contributed by atoms with Crippen molar-refractivity contribution in [2.75, 3.05) is 18.0 Å². The first-order chi connectivity index (χ1) is 23.7. The van der Waals surface area contributed by atoms with Crippen molar-refractivity contribution in [2.24, 2.45) is 0 Å². The molecule has 0 bridgehead atoms. The third-order valence-electron chi connectivity index (χ3n) is 7.50. The van der Waals surface area contributed by atoms with Crippen molar-refractivity contribution < 1.29 is 33.4 Å². The van der Waals surface area contributed by atoms with E-state index in [1.54, 1.807) is 46.4 Å². The van der Waals surface area contributed by atoms with Crippen molar-refractivity contribution in [2.45, 2.75) is 111 Å². The standard InChI is InChI=1S/C31H36N2O3.C10H19NO4/c1-23-10-8-13-26(20-23)25-16-18-32(19-17-25)29(34)27-14-9-15-28(21-27)33(30(35)36-31(2,3)4)22-24-11-6-5-7-12-24;1-9(2,3)14-7(12)11-8(13)15-10(4,5)6/h5-15,20-21,25H,16-19,22H2,1-4H3;1-6H3,(H,11,12,13). The smallest absolute Gasteiger partial charge is 0.417 e. The number of likely N-dealkylation sites (tertiary alicyclic amines) is 1. The van der Waals surface area contributed by atoms with E-state index in [1.165, 1.54) is 11.1 Å². The number of hydrogen-bond donors (Lipinski definition) is 1. The maximum Gasteiger partial charge on any atom is 0.417 e. The van der Waals surface area contributed by atoms with Gasteiger partial charge in [-0.2, -0.15) is 0 Å². The van der Waals surface area contributed by atoms with Gasteiger partial charge in [-0.15, -0.1) is 0 Å². The molecule has 51 heavy (non-hydrogen) atoms. The molecule has 0 atom stereocenters. The average molecular weight is 702 g/mol. The number of benzene rings is 3. The maximum atomic E-state index is 13.4. The molecule has 3 aromatic rings.